The summed E-state index contributed by atoms with van der Waals surface area (Å²) in [5, 5.41) is 14.8. The summed E-state index contributed by atoms with van der Waals surface area (Å²) in [6, 6.07) is 84.8. The maximum Gasteiger partial charge on any atom is 0.164 e. The molecule has 13 rings (SSSR count). The SMILES string of the molecule is c1ccc(-c2ccccc2-c2nc(-c3ccc(-c4c5ccccc5cc5c4ccc4ccccc45)cc3)nc(-c3ccc(-c4c5ccccc5cc5c4ccc4ccccc45)cc3)n2)cc1. The predicted molar refractivity (Wildman–Crippen MR) is 277 cm³/mol. The molecule has 3 nitrogen and oxygen atoms in total. The molecule has 0 aliphatic rings. The predicted octanol–water partition coefficient (Wildman–Crippen LogP) is 16.8. The van der Waals surface area contributed by atoms with Crippen LogP contribution in [-0.2, 0) is 0 Å². The quantitative estimate of drug-likeness (QED) is 0.124. The third-order valence-electron chi connectivity index (χ3n) is 13.3. The highest BCUT2D eigenvalue weighted by Crippen LogP contribution is 2.42. The first-order chi connectivity index (χ1) is 32.7. The van der Waals surface area contributed by atoms with Gasteiger partial charge in [-0.05, 0) is 110 Å². The van der Waals surface area contributed by atoms with E-state index in [1.54, 1.807) is 0 Å². The van der Waals surface area contributed by atoms with Crippen LogP contribution in [0.1, 0.15) is 0 Å². The molecule has 0 radical (unpaired) electrons. The molecule has 0 atom stereocenters. The molecule has 0 spiro atoms. The molecule has 12 aromatic carbocycles. The average Bonchev–Trinajstić information content (AvgIpc) is 3.39. The summed E-state index contributed by atoms with van der Waals surface area (Å²) >= 11 is 0. The van der Waals surface area contributed by atoms with Gasteiger partial charge in [0, 0.05) is 16.7 Å². The topological polar surface area (TPSA) is 38.7 Å². The minimum absolute atomic E-state index is 0.620. The summed E-state index contributed by atoms with van der Waals surface area (Å²) < 4.78 is 0. The Balaban J connectivity index is 0.964. The molecular formula is C63H39N3. The van der Waals surface area contributed by atoms with E-state index in [2.05, 4.69) is 231 Å². The van der Waals surface area contributed by atoms with Crippen molar-refractivity contribution in [1.82, 2.24) is 15.0 Å². The van der Waals surface area contributed by atoms with Crippen LogP contribution in [0.4, 0.5) is 0 Å². The zero-order valence-corrected chi connectivity index (χ0v) is 35.9. The summed E-state index contributed by atoms with van der Waals surface area (Å²) in [6.07, 6.45) is 0. The fraction of sp³-hybridized carbons (Fsp3) is 0. The Bertz CT molecular complexity index is 3800. The molecule has 3 heteroatoms. The summed E-state index contributed by atoms with van der Waals surface area (Å²) in [7, 11) is 0. The standard InChI is InChI=1S/C63H39N3/c1-2-14-40(15-3-1)49-20-12-13-25-56(49)63-65-61(45-30-26-43(27-31-45)59-52-23-10-6-18-47(52)38-57-50-21-8-4-16-41(50)34-36-54(57)59)64-62(66-63)46-32-28-44(29-33-46)60-53-24-11-7-19-48(53)39-58-51-22-9-5-17-42(51)35-37-55(58)60/h1-39H. The van der Waals surface area contributed by atoms with Crippen molar-refractivity contribution < 1.29 is 0 Å². The van der Waals surface area contributed by atoms with E-state index in [9.17, 15) is 0 Å². The first-order valence-corrected chi connectivity index (χ1v) is 22.5. The van der Waals surface area contributed by atoms with Crippen LogP contribution < -0.4 is 0 Å². The van der Waals surface area contributed by atoms with E-state index in [1.807, 2.05) is 6.07 Å². The molecular weight excluding hydrogens is 799 g/mol. The highest BCUT2D eigenvalue weighted by atomic mass is 15.0. The first-order valence-electron chi connectivity index (χ1n) is 22.5. The van der Waals surface area contributed by atoms with Crippen molar-refractivity contribution in [3.8, 4) is 67.5 Å². The Morgan fingerprint density at radius 3 is 1.08 bits per heavy atom. The van der Waals surface area contributed by atoms with E-state index >= 15 is 0 Å². The van der Waals surface area contributed by atoms with Crippen molar-refractivity contribution in [2.24, 2.45) is 0 Å². The number of benzene rings is 12. The molecule has 0 unspecified atom stereocenters. The number of nitrogens with zero attached hydrogens (tertiary/aromatic N) is 3. The molecule has 1 aromatic heterocycles. The van der Waals surface area contributed by atoms with Crippen LogP contribution in [0, 0.1) is 0 Å². The summed E-state index contributed by atoms with van der Waals surface area (Å²) in [6.45, 7) is 0. The molecule has 306 valence electrons. The van der Waals surface area contributed by atoms with Gasteiger partial charge in [-0.25, -0.2) is 15.0 Å². The van der Waals surface area contributed by atoms with Gasteiger partial charge in [-0.15, -0.1) is 0 Å². The van der Waals surface area contributed by atoms with Crippen LogP contribution in [0.15, 0.2) is 237 Å². The lowest BCUT2D eigenvalue weighted by molar-refractivity contribution is 1.07. The average molecular weight is 838 g/mol. The number of fused-ring (bicyclic) bond motifs is 8. The van der Waals surface area contributed by atoms with Gasteiger partial charge in [-0.3, -0.25) is 0 Å². The van der Waals surface area contributed by atoms with Crippen LogP contribution in [0.5, 0.6) is 0 Å². The number of hydrogen-bond donors (Lipinski definition) is 0. The van der Waals surface area contributed by atoms with E-state index in [1.165, 1.54) is 75.8 Å². The van der Waals surface area contributed by atoms with Crippen LogP contribution in [0.3, 0.4) is 0 Å². The van der Waals surface area contributed by atoms with E-state index in [0.29, 0.717) is 17.5 Å². The molecule has 0 aliphatic heterocycles. The van der Waals surface area contributed by atoms with Gasteiger partial charge in [0.05, 0.1) is 0 Å². The van der Waals surface area contributed by atoms with Gasteiger partial charge in [0.25, 0.3) is 0 Å². The summed E-state index contributed by atoms with van der Waals surface area (Å²) in [5.41, 5.74) is 9.69. The van der Waals surface area contributed by atoms with Crippen molar-refractivity contribution >= 4 is 64.6 Å². The second kappa shape index (κ2) is 15.5. The lowest BCUT2D eigenvalue weighted by atomic mass is 9.89. The lowest BCUT2D eigenvalue weighted by Crippen LogP contribution is -2.01. The molecule has 0 saturated carbocycles. The number of rotatable bonds is 6. The third kappa shape index (κ3) is 6.32. The van der Waals surface area contributed by atoms with E-state index < -0.39 is 0 Å². The Morgan fingerprint density at radius 2 is 0.576 bits per heavy atom. The smallest absolute Gasteiger partial charge is 0.164 e. The number of aromatic nitrogens is 3. The highest BCUT2D eigenvalue weighted by Gasteiger charge is 2.19. The molecule has 0 amide bonds. The zero-order valence-electron chi connectivity index (χ0n) is 35.9. The van der Waals surface area contributed by atoms with Crippen LogP contribution in [0.25, 0.3) is 132 Å². The minimum Gasteiger partial charge on any atom is -0.208 e. The van der Waals surface area contributed by atoms with Gasteiger partial charge in [0.1, 0.15) is 0 Å². The van der Waals surface area contributed by atoms with Gasteiger partial charge in [0.15, 0.2) is 17.5 Å². The van der Waals surface area contributed by atoms with Gasteiger partial charge >= 0.3 is 0 Å². The van der Waals surface area contributed by atoms with Crippen molar-refractivity contribution in [3.63, 3.8) is 0 Å². The molecule has 0 fully saturated rings. The maximum atomic E-state index is 5.26. The number of hydrogen-bond acceptors (Lipinski definition) is 3. The van der Waals surface area contributed by atoms with E-state index in [0.717, 1.165) is 38.9 Å². The lowest BCUT2D eigenvalue weighted by Gasteiger charge is -2.15. The fourth-order valence-electron chi connectivity index (χ4n) is 10.1. The van der Waals surface area contributed by atoms with E-state index in [-0.39, 0.29) is 0 Å². The molecule has 0 bridgehead atoms. The normalized spacial score (nSPS) is 11.6. The van der Waals surface area contributed by atoms with Crippen molar-refractivity contribution in [1.29, 1.82) is 0 Å². The molecule has 0 N–H and O–H groups in total. The van der Waals surface area contributed by atoms with Crippen molar-refractivity contribution in [2.75, 3.05) is 0 Å². The summed E-state index contributed by atoms with van der Waals surface area (Å²) in [5.74, 6) is 1.87. The van der Waals surface area contributed by atoms with Gasteiger partial charge in [0.2, 0.25) is 0 Å². The van der Waals surface area contributed by atoms with Crippen LogP contribution in [0.2, 0.25) is 0 Å². The molecule has 0 saturated heterocycles. The Morgan fingerprint density at radius 1 is 0.197 bits per heavy atom. The molecule has 13 aromatic rings. The van der Waals surface area contributed by atoms with Gasteiger partial charge in [-0.1, -0.05) is 224 Å². The van der Waals surface area contributed by atoms with Crippen molar-refractivity contribution in [2.45, 2.75) is 0 Å². The summed E-state index contributed by atoms with van der Waals surface area (Å²) in [4.78, 5) is 15.8. The minimum atomic E-state index is 0.620. The Hall–Kier alpha value is -8.79. The molecule has 1 heterocycles. The second-order valence-electron chi connectivity index (χ2n) is 17.1. The van der Waals surface area contributed by atoms with Crippen LogP contribution in [-0.4, -0.2) is 15.0 Å². The highest BCUT2D eigenvalue weighted by molar-refractivity contribution is 6.21. The Labute approximate surface area is 382 Å². The van der Waals surface area contributed by atoms with Gasteiger partial charge in [-0.2, -0.15) is 0 Å². The first kappa shape index (κ1) is 37.7. The van der Waals surface area contributed by atoms with Gasteiger partial charge < -0.3 is 0 Å². The monoisotopic (exact) mass is 837 g/mol. The fourth-order valence-corrected chi connectivity index (χ4v) is 10.1. The molecule has 66 heavy (non-hydrogen) atoms. The van der Waals surface area contributed by atoms with Crippen molar-refractivity contribution in [3.05, 3.63) is 237 Å². The maximum absolute atomic E-state index is 5.26. The third-order valence-corrected chi connectivity index (χ3v) is 13.3. The zero-order chi connectivity index (χ0) is 43.6. The van der Waals surface area contributed by atoms with E-state index in [4.69, 9.17) is 15.0 Å². The van der Waals surface area contributed by atoms with Crippen LogP contribution >= 0.6 is 0 Å². The Kier molecular flexibility index (Phi) is 8.85. The largest absolute Gasteiger partial charge is 0.208 e. The molecule has 0 aliphatic carbocycles. The second-order valence-corrected chi connectivity index (χ2v) is 17.1.